The average molecular weight is 186 g/mol. The zero-order chi connectivity index (χ0) is 9.97. The summed E-state index contributed by atoms with van der Waals surface area (Å²) < 4.78 is 2.00. The van der Waals surface area contributed by atoms with Gasteiger partial charge in [0.1, 0.15) is 6.20 Å². The Bertz CT molecular complexity index is 408. The van der Waals surface area contributed by atoms with E-state index in [-0.39, 0.29) is 0 Å². The lowest BCUT2D eigenvalue weighted by Crippen LogP contribution is -2.31. The first-order valence-corrected chi connectivity index (χ1v) is 4.50. The fraction of sp³-hybridized carbons (Fsp3) is 0.182. The van der Waals surface area contributed by atoms with Gasteiger partial charge in [-0.2, -0.15) is 0 Å². The maximum Gasteiger partial charge on any atom is 0.330 e. The van der Waals surface area contributed by atoms with Crippen molar-refractivity contribution in [2.45, 2.75) is 6.92 Å². The van der Waals surface area contributed by atoms with Gasteiger partial charge in [-0.25, -0.2) is 4.57 Å². The number of pyridine rings is 1. The fourth-order valence-electron chi connectivity index (χ4n) is 1.43. The second-order valence-corrected chi connectivity index (χ2v) is 3.24. The van der Waals surface area contributed by atoms with Crippen LogP contribution < -0.4 is 4.57 Å². The highest BCUT2D eigenvalue weighted by molar-refractivity contribution is 5.55. The summed E-state index contributed by atoms with van der Waals surface area (Å²) >= 11 is 0. The van der Waals surface area contributed by atoms with Crippen LogP contribution in [0.1, 0.15) is 5.56 Å². The summed E-state index contributed by atoms with van der Waals surface area (Å²) in [6.45, 7) is 2.04. The molecule has 3 heteroatoms. The number of hydrogen-bond donors (Lipinski definition) is 0. The first kappa shape index (κ1) is 8.81. The van der Waals surface area contributed by atoms with Crippen molar-refractivity contribution in [1.82, 2.24) is 9.97 Å². The van der Waals surface area contributed by atoms with Crippen LogP contribution in [0.25, 0.3) is 11.4 Å². The standard InChI is InChI=1S/C11H12N3/c1-9-8-12-6-4-10(9)11-13-5-3-7-14(11)2/h3-8H,1-2H3/q+1. The molecule has 0 radical (unpaired) electrons. The third-order valence-electron chi connectivity index (χ3n) is 2.19. The fourth-order valence-corrected chi connectivity index (χ4v) is 1.43. The molecule has 0 fully saturated rings. The average Bonchev–Trinajstić information content (AvgIpc) is 2.20. The minimum Gasteiger partial charge on any atom is -0.264 e. The summed E-state index contributed by atoms with van der Waals surface area (Å²) in [4.78, 5) is 8.41. The van der Waals surface area contributed by atoms with E-state index in [1.54, 1.807) is 12.4 Å². The Balaban J connectivity index is 2.61. The molecular weight excluding hydrogens is 174 g/mol. The SMILES string of the molecule is Cc1cnccc1-c1nccc[n+]1C. The van der Waals surface area contributed by atoms with Crippen LogP contribution in [-0.2, 0) is 7.05 Å². The summed E-state index contributed by atoms with van der Waals surface area (Å²) in [5, 5.41) is 0. The molecule has 70 valence electrons. The van der Waals surface area contributed by atoms with E-state index in [1.807, 2.05) is 43.1 Å². The number of aryl methyl sites for hydroxylation is 2. The molecule has 2 aromatic rings. The maximum absolute atomic E-state index is 4.34. The van der Waals surface area contributed by atoms with Crippen LogP contribution in [0, 0.1) is 6.92 Å². The zero-order valence-corrected chi connectivity index (χ0v) is 8.31. The Labute approximate surface area is 83.1 Å². The Morgan fingerprint density at radius 1 is 1.29 bits per heavy atom. The molecule has 3 nitrogen and oxygen atoms in total. The largest absolute Gasteiger partial charge is 0.330 e. The minimum absolute atomic E-state index is 0.965. The van der Waals surface area contributed by atoms with Crippen LogP contribution in [0.2, 0.25) is 0 Å². The van der Waals surface area contributed by atoms with Gasteiger partial charge in [-0.15, -0.1) is 0 Å². The van der Waals surface area contributed by atoms with Crippen LogP contribution in [0.4, 0.5) is 0 Å². The number of rotatable bonds is 1. The molecule has 0 aliphatic heterocycles. The van der Waals surface area contributed by atoms with E-state index in [9.17, 15) is 0 Å². The Hall–Kier alpha value is -1.77. The molecule has 0 aromatic carbocycles. The zero-order valence-electron chi connectivity index (χ0n) is 8.31. The predicted molar refractivity (Wildman–Crippen MR) is 53.4 cm³/mol. The lowest BCUT2D eigenvalue weighted by atomic mass is 10.1. The van der Waals surface area contributed by atoms with Gasteiger partial charge < -0.3 is 0 Å². The minimum atomic E-state index is 0.965. The molecule has 0 aliphatic carbocycles. The molecule has 0 aliphatic rings. The van der Waals surface area contributed by atoms with E-state index in [0.717, 1.165) is 17.0 Å². The van der Waals surface area contributed by atoms with Crippen molar-refractivity contribution in [3.63, 3.8) is 0 Å². The molecule has 2 rings (SSSR count). The van der Waals surface area contributed by atoms with E-state index in [1.165, 1.54) is 0 Å². The van der Waals surface area contributed by atoms with E-state index in [0.29, 0.717) is 0 Å². The van der Waals surface area contributed by atoms with E-state index in [4.69, 9.17) is 0 Å². The van der Waals surface area contributed by atoms with Gasteiger partial charge in [-0.05, 0) is 23.5 Å². The van der Waals surface area contributed by atoms with E-state index >= 15 is 0 Å². The summed E-state index contributed by atoms with van der Waals surface area (Å²) in [7, 11) is 1.99. The quantitative estimate of drug-likeness (QED) is 0.628. The van der Waals surface area contributed by atoms with Crippen LogP contribution in [-0.4, -0.2) is 9.97 Å². The smallest absolute Gasteiger partial charge is 0.264 e. The Morgan fingerprint density at radius 2 is 2.14 bits per heavy atom. The number of hydrogen-bond acceptors (Lipinski definition) is 2. The van der Waals surface area contributed by atoms with Crippen molar-refractivity contribution in [2.75, 3.05) is 0 Å². The summed E-state index contributed by atoms with van der Waals surface area (Å²) in [6, 6.07) is 3.90. The van der Waals surface area contributed by atoms with Gasteiger partial charge in [0.2, 0.25) is 0 Å². The molecular formula is C11H12N3+. The van der Waals surface area contributed by atoms with Gasteiger partial charge >= 0.3 is 5.82 Å². The molecule has 0 bridgehead atoms. The van der Waals surface area contributed by atoms with Crippen molar-refractivity contribution in [3.8, 4) is 11.4 Å². The third-order valence-corrected chi connectivity index (χ3v) is 2.19. The molecule has 0 amide bonds. The van der Waals surface area contributed by atoms with Crippen molar-refractivity contribution < 1.29 is 4.57 Å². The molecule has 0 saturated heterocycles. The lowest BCUT2D eigenvalue weighted by Gasteiger charge is -2.00. The van der Waals surface area contributed by atoms with Crippen LogP contribution in [0.15, 0.2) is 36.9 Å². The highest BCUT2D eigenvalue weighted by Gasteiger charge is 2.12. The highest BCUT2D eigenvalue weighted by atomic mass is 15.0. The van der Waals surface area contributed by atoms with E-state index in [2.05, 4.69) is 9.97 Å². The highest BCUT2D eigenvalue weighted by Crippen LogP contribution is 2.15. The molecule has 14 heavy (non-hydrogen) atoms. The van der Waals surface area contributed by atoms with Crippen LogP contribution in [0.3, 0.4) is 0 Å². The van der Waals surface area contributed by atoms with E-state index < -0.39 is 0 Å². The lowest BCUT2D eigenvalue weighted by molar-refractivity contribution is -0.663. The van der Waals surface area contributed by atoms with Crippen molar-refractivity contribution in [2.24, 2.45) is 7.05 Å². The van der Waals surface area contributed by atoms with Gasteiger partial charge in [0, 0.05) is 18.5 Å². The molecule has 0 unspecified atom stereocenters. The van der Waals surface area contributed by atoms with Gasteiger partial charge in [0.15, 0.2) is 0 Å². The monoisotopic (exact) mass is 186 g/mol. The summed E-state index contributed by atoms with van der Waals surface area (Å²) in [6.07, 6.45) is 7.43. The van der Waals surface area contributed by atoms with Gasteiger partial charge in [-0.3, -0.25) is 4.98 Å². The van der Waals surface area contributed by atoms with Gasteiger partial charge in [0.05, 0.1) is 18.8 Å². The number of aromatic nitrogens is 3. The summed E-state index contributed by atoms with van der Waals surface area (Å²) in [5.74, 6) is 0.965. The van der Waals surface area contributed by atoms with Gasteiger partial charge in [0.25, 0.3) is 0 Å². The Morgan fingerprint density at radius 3 is 2.86 bits per heavy atom. The Kier molecular flexibility index (Phi) is 2.23. The molecule has 0 N–H and O–H groups in total. The second kappa shape index (κ2) is 3.54. The third kappa shape index (κ3) is 1.48. The normalized spacial score (nSPS) is 10.1. The second-order valence-electron chi connectivity index (χ2n) is 3.24. The van der Waals surface area contributed by atoms with Crippen molar-refractivity contribution in [1.29, 1.82) is 0 Å². The molecule has 0 atom stereocenters. The first-order valence-electron chi connectivity index (χ1n) is 4.50. The van der Waals surface area contributed by atoms with Crippen molar-refractivity contribution >= 4 is 0 Å². The predicted octanol–water partition coefficient (Wildman–Crippen LogP) is 1.28. The van der Waals surface area contributed by atoms with Crippen LogP contribution in [0.5, 0.6) is 0 Å². The molecule has 0 spiro atoms. The van der Waals surface area contributed by atoms with Gasteiger partial charge in [-0.1, -0.05) is 0 Å². The maximum atomic E-state index is 4.34. The molecule has 2 aromatic heterocycles. The van der Waals surface area contributed by atoms with Crippen molar-refractivity contribution in [3.05, 3.63) is 42.5 Å². The molecule has 2 heterocycles. The summed E-state index contributed by atoms with van der Waals surface area (Å²) in [5.41, 5.74) is 2.27. The molecule has 0 saturated carbocycles. The van der Waals surface area contributed by atoms with Crippen LogP contribution >= 0.6 is 0 Å². The number of nitrogens with zero attached hydrogens (tertiary/aromatic N) is 3. The topological polar surface area (TPSA) is 29.7 Å². The first-order chi connectivity index (χ1) is 6.79.